The van der Waals surface area contributed by atoms with E-state index in [1.165, 1.54) is 0 Å². The number of ether oxygens (including phenoxy) is 1. The number of rotatable bonds is 7. The molecule has 0 aliphatic carbocycles. The van der Waals surface area contributed by atoms with Crippen molar-refractivity contribution >= 4 is 17.4 Å². The molecule has 0 amide bonds. The van der Waals surface area contributed by atoms with E-state index in [0.717, 1.165) is 21.7 Å². The molecule has 0 aliphatic rings. The van der Waals surface area contributed by atoms with Crippen LogP contribution < -0.4 is 5.73 Å². The van der Waals surface area contributed by atoms with Crippen molar-refractivity contribution in [3.05, 3.63) is 59.7 Å². The largest absolute Gasteiger partial charge is 0.398 e. The molecule has 3 nitrogen and oxygen atoms in total. The lowest BCUT2D eigenvalue weighted by Crippen LogP contribution is -2.18. The van der Waals surface area contributed by atoms with Gasteiger partial charge in [-0.15, -0.1) is 11.8 Å². The molecule has 3 N–H and O–H groups in total. The van der Waals surface area contributed by atoms with E-state index in [1.807, 2.05) is 55.5 Å². The van der Waals surface area contributed by atoms with Crippen LogP contribution in [0.4, 0.5) is 5.69 Å². The number of benzene rings is 2. The maximum absolute atomic E-state index is 9.95. The van der Waals surface area contributed by atoms with Gasteiger partial charge in [0.05, 0.1) is 19.3 Å². The Balaban J connectivity index is 1.71. The number of aliphatic hydroxyl groups is 1. The van der Waals surface area contributed by atoms with Crippen LogP contribution in [0, 0.1) is 6.92 Å². The van der Waals surface area contributed by atoms with Crippen molar-refractivity contribution in [2.24, 2.45) is 0 Å². The van der Waals surface area contributed by atoms with Crippen LogP contribution >= 0.6 is 11.8 Å². The molecule has 0 saturated heterocycles. The number of thioether (sulfide) groups is 1. The van der Waals surface area contributed by atoms with Crippen LogP contribution in [0.5, 0.6) is 0 Å². The van der Waals surface area contributed by atoms with Crippen LogP contribution in [-0.2, 0) is 11.3 Å². The van der Waals surface area contributed by atoms with Crippen LogP contribution in [-0.4, -0.2) is 23.6 Å². The lowest BCUT2D eigenvalue weighted by atomic mass is 10.2. The van der Waals surface area contributed by atoms with Gasteiger partial charge in [-0.1, -0.05) is 36.4 Å². The smallest absolute Gasteiger partial charge is 0.0867 e. The average molecular weight is 303 g/mol. The second-order valence-corrected chi connectivity index (χ2v) is 6.07. The zero-order valence-corrected chi connectivity index (χ0v) is 13.0. The van der Waals surface area contributed by atoms with Crippen molar-refractivity contribution in [1.82, 2.24) is 0 Å². The first kappa shape index (κ1) is 15.9. The minimum absolute atomic E-state index is 0.327. The molecule has 0 aromatic heterocycles. The fraction of sp³-hybridized carbons (Fsp3) is 0.294. The number of aliphatic hydroxyl groups excluding tert-OH is 1. The molecule has 0 radical (unpaired) electrons. The van der Waals surface area contributed by atoms with Crippen LogP contribution in [0.3, 0.4) is 0 Å². The van der Waals surface area contributed by atoms with Gasteiger partial charge in [-0.05, 0) is 30.2 Å². The summed E-state index contributed by atoms with van der Waals surface area (Å²) < 4.78 is 5.52. The highest BCUT2D eigenvalue weighted by Crippen LogP contribution is 2.26. The molecule has 0 saturated carbocycles. The lowest BCUT2D eigenvalue weighted by molar-refractivity contribution is 0.0398. The van der Waals surface area contributed by atoms with Gasteiger partial charge in [-0.25, -0.2) is 0 Å². The van der Waals surface area contributed by atoms with Crippen molar-refractivity contribution in [2.45, 2.75) is 24.5 Å². The van der Waals surface area contributed by atoms with E-state index in [-0.39, 0.29) is 0 Å². The minimum atomic E-state index is -0.501. The van der Waals surface area contributed by atoms with Gasteiger partial charge in [0.25, 0.3) is 0 Å². The Kier molecular flexibility index (Phi) is 6.11. The predicted molar refractivity (Wildman–Crippen MR) is 88.4 cm³/mol. The second kappa shape index (κ2) is 8.08. The molecule has 112 valence electrons. The van der Waals surface area contributed by atoms with Gasteiger partial charge in [0.2, 0.25) is 0 Å². The molecule has 0 heterocycles. The van der Waals surface area contributed by atoms with Crippen molar-refractivity contribution in [3.8, 4) is 0 Å². The van der Waals surface area contributed by atoms with Crippen LogP contribution in [0.25, 0.3) is 0 Å². The van der Waals surface area contributed by atoms with E-state index in [4.69, 9.17) is 10.5 Å². The zero-order chi connectivity index (χ0) is 15.1. The number of anilines is 1. The summed E-state index contributed by atoms with van der Waals surface area (Å²) in [6.07, 6.45) is -0.501. The first-order chi connectivity index (χ1) is 10.1. The normalized spacial score (nSPS) is 12.3. The summed E-state index contributed by atoms with van der Waals surface area (Å²) in [7, 11) is 0. The molecule has 0 spiro atoms. The highest BCUT2D eigenvalue weighted by atomic mass is 32.2. The van der Waals surface area contributed by atoms with Gasteiger partial charge >= 0.3 is 0 Å². The Hall–Kier alpha value is -1.49. The van der Waals surface area contributed by atoms with Crippen molar-refractivity contribution in [3.63, 3.8) is 0 Å². The molecule has 2 aromatic rings. The summed E-state index contributed by atoms with van der Waals surface area (Å²) >= 11 is 1.56. The summed E-state index contributed by atoms with van der Waals surface area (Å²) in [4.78, 5) is 1.00. The first-order valence-electron chi connectivity index (χ1n) is 6.94. The van der Waals surface area contributed by atoms with Gasteiger partial charge in [0.15, 0.2) is 0 Å². The number of nitrogens with two attached hydrogens (primary N) is 1. The topological polar surface area (TPSA) is 55.5 Å². The Labute approximate surface area is 130 Å². The quantitative estimate of drug-likeness (QED) is 0.609. The summed E-state index contributed by atoms with van der Waals surface area (Å²) in [5.74, 6) is 0.571. The van der Waals surface area contributed by atoms with E-state index in [0.29, 0.717) is 19.0 Å². The third kappa shape index (κ3) is 5.42. The van der Waals surface area contributed by atoms with E-state index in [2.05, 4.69) is 0 Å². The first-order valence-corrected chi connectivity index (χ1v) is 7.92. The van der Waals surface area contributed by atoms with Crippen LogP contribution in [0.15, 0.2) is 53.4 Å². The van der Waals surface area contributed by atoms with E-state index < -0.39 is 6.10 Å². The number of hydrogen-bond acceptors (Lipinski definition) is 4. The average Bonchev–Trinajstić information content (AvgIpc) is 2.47. The third-order valence-electron chi connectivity index (χ3n) is 3.02. The fourth-order valence-electron chi connectivity index (χ4n) is 1.92. The minimum Gasteiger partial charge on any atom is -0.398 e. The molecule has 1 atom stereocenters. The Morgan fingerprint density at radius 2 is 1.95 bits per heavy atom. The SMILES string of the molecule is Cc1ccc(SCC(O)COCc2ccccc2)c(N)c1. The molecular formula is C17H21NO2S. The van der Waals surface area contributed by atoms with E-state index in [1.54, 1.807) is 11.8 Å². The number of nitrogen functional groups attached to an aromatic ring is 1. The lowest BCUT2D eigenvalue weighted by Gasteiger charge is -2.12. The van der Waals surface area contributed by atoms with Crippen LogP contribution in [0.2, 0.25) is 0 Å². The Morgan fingerprint density at radius 1 is 1.19 bits per heavy atom. The molecule has 2 aromatic carbocycles. The van der Waals surface area contributed by atoms with E-state index in [9.17, 15) is 5.11 Å². The highest BCUT2D eigenvalue weighted by Gasteiger charge is 2.07. The maximum atomic E-state index is 9.95. The Bertz CT molecular complexity index is 560. The monoisotopic (exact) mass is 303 g/mol. The number of aryl methyl sites for hydroxylation is 1. The van der Waals surface area contributed by atoms with Crippen molar-refractivity contribution < 1.29 is 9.84 Å². The summed E-state index contributed by atoms with van der Waals surface area (Å²) in [5, 5.41) is 9.95. The van der Waals surface area contributed by atoms with Gasteiger partial charge in [-0.2, -0.15) is 0 Å². The highest BCUT2D eigenvalue weighted by molar-refractivity contribution is 7.99. The molecular weight excluding hydrogens is 282 g/mol. The Morgan fingerprint density at radius 3 is 2.67 bits per heavy atom. The van der Waals surface area contributed by atoms with Crippen molar-refractivity contribution in [1.29, 1.82) is 0 Å². The molecule has 4 heteroatoms. The molecule has 2 rings (SSSR count). The predicted octanol–water partition coefficient (Wildman–Crippen LogP) is 3.25. The standard InChI is InChI=1S/C17H21NO2S/c1-13-7-8-17(16(18)9-13)21-12-15(19)11-20-10-14-5-3-2-4-6-14/h2-9,15,19H,10-12,18H2,1H3. The van der Waals surface area contributed by atoms with Gasteiger partial charge in [0, 0.05) is 16.3 Å². The maximum Gasteiger partial charge on any atom is 0.0867 e. The fourth-order valence-corrected chi connectivity index (χ4v) is 2.78. The van der Waals surface area contributed by atoms with Gasteiger partial charge in [0.1, 0.15) is 0 Å². The van der Waals surface area contributed by atoms with Gasteiger partial charge < -0.3 is 15.6 Å². The van der Waals surface area contributed by atoms with Crippen LogP contribution in [0.1, 0.15) is 11.1 Å². The zero-order valence-electron chi connectivity index (χ0n) is 12.2. The van der Waals surface area contributed by atoms with E-state index >= 15 is 0 Å². The molecule has 0 fully saturated rings. The summed E-state index contributed by atoms with van der Waals surface area (Å²) in [5.41, 5.74) is 8.96. The third-order valence-corrected chi connectivity index (χ3v) is 4.25. The summed E-state index contributed by atoms with van der Waals surface area (Å²) in [6.45, 7) is 2.86. The molecule has 0 aliphatic heterocycles. The number of hydrogen-bond donors (Lipinski definition) is 2. The van der Waals surface area contributed by atoms with Crippen molar-refractivity contribution in [2.75, 3.05) is 18.1 Å². The molecule has 0 bridgehead atoms. The molecule has 21 heavy (non-hydrogen) atoms. The second-order valence-electron chi connectivity index (χ2n) is 5.01. The van der Waals surface area contributed by atoms with Gasteiger partial charge in [-0.3, -0.25) is 0 Å². The molecule has 1 unspecified atom stereocenters. The summed E-state index contributed by atoms with van der Waals surface area (Å²) in [6, 6.07) is 15.9.